The maximum atomic E-state index is 13.7. The van der Waals surface area contributed by atoms with Crippen molar-refractivity contribution in [1.29, 1.82) is 0 Å². The number of hydrogen-bond donors (Lipinski definition) is 3. The second-order valence-electron chi connectivity index (χ2n) is 5.12. The van der Waals surface area contributed by atoms with Gasteiger partial charge in [0.25, 0.3) is 5.91 Å². The molecule has 1 amide bonds. The number of anilines is 1. The van der Waals surface area contributed by atoms with Crippen LogP contribution >= 0.6 is 23.8 Å². The number of hydrazine groups is 1. The maximum Gasteiger partial charge on any atom is 0.272 e. The molecule has 2 aromatic rings. The zero-order chi connectivity index (χ0) is 17.7. The molecule has 0 spiro atoms. The summed E-state index contributed by atoms with van der Waals surface area (Å²) in [5.74, 6) is -1.35. The van der Waals surface area contributed by atoms with Gasteiger partial charge in [0.1, 0.15) is 5.82 Å². The van der Waals surface area contributed by atoms with Gasteiger partial charge in [0.15, 0.2) is 5.11 Å². The van der Waals surface area contributed by atoms with Gasteiger partial charge in [0.05, 0.1) is 5.56 Å². The molecule has 24 heavy (non-hydrogen) atoms. The van der Waals surface area contributed by atoms with Crippen LogP contribution in [0.1, 0.15) is 28.4 Å². The van der Waals surface area contributed by atoms with Crippen LogP contribution in [-0.4, -0.2) is 11.0 Å². The minimum absolute atomic E-state index is 0.125. The van der Waals surface area contributed by atoms with Gasteiger partial charge in [-0.15, -0.1) is 0 Å². The van der Waals surface area contributed by atoms with Gasteiger partial charge in [-0.25, -0.2) is 4.39 Å². The number of carbonyl (C=O) groups excluding carboxylic acids is 1. The molecule has 2 rings (SSSR count). The molecule has 0 saturated heterocycles. The van der Waals surface area contributed by atoms with Gasteiger partial charge < -0.3 is 5.32 Å². The number of amides is 1. The molecule has 0 saturated carbocycles. The van der Waals surface area contributed by atoms with Crippen LogP contribution in [0.4, 0.5) is 10.1 Å². The first-order chi connectivity index (χ1) is 11.4. The van der Waals surface area contributed by atoms with Gasteiger partial charge in [-0.05, 0) is 54.9 Å². The lowest BCUT2D eigenvalue weighted by Crippen LogP contribution is -2.44. The molecule has 0 fully saturated rings. The fourth-order valence-electron chi connectivity index (χ4n) is 2.20. The number of aryl methyl sites for hydroxylation is 2. The highest BCUT2D eigenvalue weighted by Crippen LogP contribution is 2.20. The van der Waals surface area contributed by atoms with Crippen molar-refractivity contribution in [2.24, 2.45) is 0 Å². The second kappa shape index (κ2) is 8.08. The first-order valence-corrected chi connectivity index (χ1v) is 8.12. The summed E-state index contributed by atoms with van der Waals surface area (Å²) in [5, 5.41) is 3.48. The lowest BCUT2D eigenvalue weighted by Gasteiger charge is -2.16. The monoisotopic (exact) mass is 365 g/mol. The average molecular weight is 366 g/mol. The van der Waals surface area contributed by atoms with Crippen LogP contribution in [-0.2, 0) is 6.42 Å². The van der Waals surface area contributed by atoms with Crippen molar-refractivity contribution in [2.45, 2.75) is 20.3 Å². The second-order valence-corrected chi connectivity index (χ2v) is 5.96. The van der Waals surface area contributed by atoms with E-state index < -0.39 is 11.7 Å². The minimum Gasteiger partial charge on any atom is -0.331 e. The quantitative estimate of drug-likeness (QED) is 0.569. The largest absolute Gasteiger partial charge is 0.331 e. The lowest BCUT2D eigenvalue weighted by atomic mass is 10.1. The fraction of sp³-hybridized carbons (Fsp3) is 0.176. The Morgan fingerprint density at radius 1 is 1.25 bits per heavy atom. The molecule has 0 aliphatic heterocycles. The van der Waals surface area contributed by atoms with E-state index in [1.165, 1.54) is 12.1 Å². The molecule has 2 aromatic carbocycles. The van der Waals surface area contributed by atoms with E-state index in [0.717, 1.165) is 29.3 Å². The lowest BCUT2D eigenvalue weighted by molar-refractivity contribution is 0.0940. The Hall–Kier alpha value is -2.18. The third-order valence-corrected chi connectivity index (χ3v) is 3.88. The van der Waals surface area contributed by atoms with Crippen molar-refractivity contribution >= 4 is 40.5 Å². The first kappa shape index (κ1) is 18.2. The number of nitrogens with one attached hydrogen (secondary N) is 3. The Balaban J connectivity index is 2.00. The molecule has 0 aliphatic carbocycles. The Labute approximate surface area is 150 Å². The van der Waals surface area contributed by atoms with Crippen LogP contribution in [0.25, 0.3) is 0 Å². The normalized spacial score (nSPS) is 10.2. The van der Waals surface area contributed by atoms with Gasteiger partial charge in [-0.1, -0.05) is 36.7 Å². The number of rotatable bonds is 3. The van der Waals surface area contributed by atoms with Gasteiger partial charge in [0, 0.05) is 10.7 Å². The fourth-order valence-corrected chi connectivity index (χ4v) is 2.51. The van der Waals surface area contributed by atoms with E-state index in [1.54, 1.807) is 0 Å². The molecule has 0 aromatic heterocycles. The molecule has 0 aliphatic rings. The summed E-state index contributed by atoms with van der Waals surface area (Å²) in [6.45, 7) is 4.01. The minimum atomic E-state index is -0.701. The predicted octanol–water partition coefficient (Wildman–Crippen LogP) is 3.98. The highest BCUT2D eigenvalue weighted by Gasteiger charge is 2.12. The van der Waals surface area contributed by atoms with Crippen LogP contribution in [0.2, 0.25) is 5.02 Å². The number of hydrogen-bond acceptors (Lipinski definition) is 2. The predicted molar refractivity (Wildman–Crippen MR) is 98.8 cm³/mol. The summed E-state index contributed by atoms with van der Waals surface area (Å²) in [4.78, 5) is 12.0. The van der Waals surface area contributed by atoms with Crippen LogP contribution in [0.3, 0.4) is 0 Å². The molecule has 4 nitrogen and oxygen atoms in total. The molecular formula is C17H17ClFN3OS. The van der Waals surface area contributed by atoms with Gasteiger partial charge in [-0.2, -0.15) is 0 Å². The molecule has 0 bridgehead atoms. The molecule has 3 N–H and O–H groups in total. The summed E-state index contributed by atoms with van der Waals surface area (Å²) in [6, 6.07) is 9.76. The molecule has 126 valence electrons. The van der Waals surface area contributed by atoms with Crippen molar-refractivity contribution in [1.82, 2.24) is 10.9 Å². The molecule has 0 radical (unpaired) electrons. The van der Waals surface area contributed by atoms with Crippen LogP contribution in [0, 0.1) is 12.7 Å². The van der Waals surface area contributed by atoms with Crippen molar-refractivity contribution in [3.05, 3.63) is 63.9 Å². The zero-order valence-corrected chi connectivity index (χ0v) is 14.8. The van der Waals surface area contributed by atoms with Gasteiger partial charge >= 0.3 is 0 Å². The zero-order valence-electron chi connectivity index (χ0n) is 13.2. The number of halogens is 2. The highest BCUT2D eigenvalue weighted by molar-refractivity contribution is 7.80. The van der Waals surface area contributed by atoms with E-state index in [-0.39, 0.29) is 15.7 Å². The van der Waals surface area contributed by atoms with Crippen molar-refractivity contribution in [3.63, 3.8) is 0 Å². The SMILES string of the molecule is CCc1cccc(C)c1NC(=S)NNC(=O)c1ccc(Cl)cc1F. The third-order valence-electron chi connectivity index (χ3n) is 3.44. The molecule has 0 atom stereocenters. The van der Waals surface area contributed by atoms with Crippen LogP contribution < -0.4 is 16.2 Å². The number of para-hydroxylation sites is 1. The van der Waals surface area contributed by atoms with E-state index in [4.69, 9.17) is 23.8 Å². The summed E-state index contributed by atoms with van der Waals surface area (Å²) in [6.07, 6.45) is 0.842. The standard InChI is InChI=1S/C17H17ClFN3OS/c1-3-11-6-4-5-10(2)15(11)20-17(24)22-21-16(23)13-8-7-12(18)9-14(13)19/h4-9H,3H2,1-2H3,(H,21,23)(H2,20,22,24). The first-order valence-electron chi connectivity index (χ1n) is 7.33. The number of carbonyl (C=O) groups is 1. The summed E-state index contributed by atoms with van der Waals surface area (Å²) < 4.78 is 13.7. The average Bonchev–Trinajstić information content (AvgIpc) is 2.54. The topological polar surface area (TPSA) is 53.2 Å². The van der Waals surface area contributed by atoms with Crippen molar-refractivity contribution < 1.29 is 9.18 Å². The summed E-state index contributed by atoms with van der Waals surface area (Å²) in [5.41, 5.74) is 7.84. The molecule has 0 heterocycles. The summed E-state index contributed by atoms with van der Waals surface area (Å²) >= 11 is 10.8. The Morgan fingerprint density at radius 2 is 2.00 bits per heavy atom. The van der Waals surface area contributed by atoms with Crippen molar-refractivity contribution in [2.75, 3.05) is 5.32 Å². The van der Waals surface area contributed by atoms with Crippen LogP contribution in [0.5, 0.6) is 0 Å². The highest BCUT2D eigenvalue weighted by atomic mass is 35.5. The van der Waals surface area contributed by atoms with Gasteiger partial charge in [-0.3, -0.25) is 15.6 Å². The van der Waals surface area contributed by atoms with E-state index in [9.17, 15) is 9.18 Å². The Bertz CT molecular complexity index is 782. The number of thiocarbonyl (C=S) groups is 1. The third kappa shape index (κ3) is 4.43. The van der Waals surface area contributed by atoms with E-state index in [2.05, 4.69) is 16.2 Å². The Kier molecular flexibility index (Phi) is 6.11. The summed E-state index contributed by atoms with van der Waals surface area (Å²) in [7, 11) is 0. The smallest absolute Gasteiger partial charge is 0.272 e. The number of benzene rings is 2. The van der Waals surface area contributed by atoms with Crippen LogP contribution in [0.15, 0.2) is 36.4 Å². The van der Waals surface area contributed by atoms with E-state index >= 15 is 0 Å². The molecular weight excluding hydrogens is 349 g/mol. The van der Waals surface area contributed by atoms with Crippen molar-refractivity contribution in [3.8, 4) is 0 Å². The van der Waals surface area contributed by atoms with E-state index in [0.29, 0.717) is 0 Å². The maximum absolute atomic E-state index is 13.7. The molecule has 7 heteroatoms. The Morgan fingerprint density at radius 3 is 2.67 bits per heavy atom. The van der Waals surface area contributed by atoms with Gasteiger partial charge in [0.2, 0.25) is 0 Å². The van der Waals surface area contributed by atoms with E-state index in [1.807, 2.05) is 32.0 Å². The molecule has 0 unspecified atom stereocenters.